The van der Waals surface area contributed by atoms with Crippen molar-refractivity contribution in [3.05, 3.63) is 70.9 Å². The molecule has 0 aliphatic carbocycles. The summed E-state index contributed by atoms with van der Waals surface area (Å²) in [6.07, 6.45) is 4.32. The molecule has 152 valence electrons. The third-order valence-electron chi connectivity index (χ3n) is 4.98. The van der Waals surface area contributed by atoms with E-state index in [1.165, 1.54) is 38.6 Å². The molecule has 4 rings (SSSR count). The number of fused-ring (bicyclic) bond motifs is 1. The SMILES string of the molecule is CSc1cc(-c2cc(NCCc3c(C)sc4ccccc34)ncn2)ccc1C(=O)O. The first-order valence-electron chi connectivity index (χ1n) is 9.51. The first kappa shape index (κ1) is 20.4. The quantitative estimate of drug-likeness (QED) is 0.361. The van der Waals surface area contributed by atoms with Gasteiger partial charge < -0.3 is 10.4 Å². The molecule has 0 aliphatic heterocycles. The number of nitrogens with zero attached hydrogens (tertiary/aromatic N) is 2. The molecule has 0 unspecified atom stereocenters. The smallest absolute Gasteiger partial charge is 0.336 e. The first-order valence-corrected chi connectivity index (χ1v) is 11.6. The van der Waals surface area contributed by atoms with Crippen LogP contribution in [0.2, 0.25) is 0 Å². The Kier molecular flexibility index (Phi) is 6.01. The number of thioether (sulfide) groups is 1. The van der Waals surface area contributed by atoms with E-state index in [2.05, 4.69) is 46.5 Å². The van der Waals surface area contributed by atoms with Gasteiger partial charge in [-0.15, -0.1) is 23.1 Å². The maximum atomic E-state index is 11.4. The minimum absolute atomic E-state index is 0.303. The van der Waals surface area contributed by atoms with E-state index in [1.807, 2.05) is 29.7 Å². The molecule has 0 saturated heterocycles. The van der Waals surface area contributed by atoms with Gasteiger partial charge in [0, 0.05) is 32.6 Å². The molecule has 5 nitrogen and oxygen atoms in total. The van der Waals surface area contributed by atoms with Crippen molar-refractivity contribution in [2.75, 3.05) is 18.1 Å². The van der Waals surface area contributed by atoms with Crippen molar-refractivity contribution in [2.24, 2.45) is 0 Å². The van der Waals surface area contributed by atoms with E-state index < -0.39 is 5.97 Å². The average molecular weight is 436 g/mol. The predicted molar refractivity (Wildman–Crippen MR) is 125 cm³/mol. The number of rotatable bonds is 7. The number of hydrogen-bond acceptors (Lipinski definition) is 6. The van der Waals surface area contributed by atoms with E-state index in [1.54, 1.807) is 12.1 Å². The molecule has 0 fully saturated rings. The van der Waals surface area contributed by atoms with Crippen molar-refractivity contribution >= 4 is 45.0 Å². The molecule has 0 atom stereocenters. The number of carboxylic acid groups (broad SMARTS) is 1. The summed E-state index contributed by atoms with van der Waals surface area (Å²) in [6.45, 7) is 2.94. The molecule has 2 aromatic heterocycles. The molecule has 0 radical (unpaired) electrons. The van der Waals surface area contributed by atoms with Crippen LogP contribution in [0.15, 0.2) is 59.8 Å². The summed E-state index contributed by atoms with van der Waals surface area (Å²) in [5, 5.41) is 14.0. The van der Waals surface area contributed by atoms with Gasteiger partial charge >= 0.3 is 5.97 Å². The number of carboxylic acids is 1. The number of anilines is 1. The highest BCUT2D eigenvalue weighted by Gasteiger charge is 2.12. The van der Waals surface area contributed by atoms with E-state index in [9.17, 15) is 9.90 Å². The maximum Gasteiger partial charge on any atom is 0.336 e. The Hall–Kier alpha value is -2.90. The number of aryl methyl sites for hydroxylation is 1. The number of aromatic nitrogens is 2. The van der Waals surface area contributed by atoms with Crippen LogP contribution in [0.1, 0.15) is 20.8 Å². The molecule has 0 spiro atoms. The van der Waals surface area contributed by atoms with Gasteiger partial charge in [-0.2, -0.15) is 0 Å². The highest BCUT2D eigenvalue weighted by atomic mass is 32.2. The molecular weight excluding hydrogens is 414 g/mol. The van der Waals surface area contributed by atoms with Gasteiger partial charge in [0.1, 0.15) is 12.1 Å². The summed E-state index contributed by atoms with van der Waals surface area (Å²) < 4.78 is 1.32. The maximum absolute atomic E-state index is 11.4. The van der Waals surface area contributed by atoms with Crippen LogP contribution in [0.25, 0.3) is 21.3 Å². The van der Waals surface area contributed by atoms with Crippen molar-refractivity contribution in [3.8, 4) is 11.3 Å². The highest BCUT2D eigenvalue weighted by molar-refractivity contribution is 7.98. The lowest BCUT2D eigenvalue weighted by Crippen LogP contribution is -2.07. The van der Waals surface area contributed by atoms with Gasteiger partial charge in [-0.05, 0) is 48.7 Å². The van der Waals surface area contributed by atoms with Gasteiger partial charge in [-0.1, -0.05) is 24.3 Å². The summed E-state index contributed by atoms with van der Waals surface area (Å²) in [6, 6.07) is 15.7. The van der Waals surface area contributed by atoms with Crippen LogP contribution < -0.4 is 5.32 Å². The molecule has 0 bridgehead atoms. The molecule has 0 aliphatic rings. The van der Waals surface area contributed by atoms with Gasteiger partial charge in [0.05, 0.1) is 11.3 Å². The van der Waals surface area contributed by atoms with Crippen LogP contribution in [-0.4, -0.2) is 33.8 Å². The minimum Gasteiger partial charge on any atom is -0.478 e. The Morgan fingerprint density at radius 2 is 2.00 bits per heavy atom. The van der Waals surface area contributed by atoms with Crippen molar-refractivity contribution in [1.82, 2.24) is 9.97 Å². The van der Waals surface area contributed by atoms with Gasteiger partial charge in [0.15, 0.2) is 0 Å². The summed E-state index contributed by atoms with van der Waals surface area (Å²) in [4.78, 5) is 22.1. The zero-order valence-corrected chi connectivity index (χ0v) is 18.3. The lowest BCUT2D eigenvalue weighted by molar-refractivity contribution is 0.0693. The Morgan fingerprint density at radius 3 is 2.80 bits per heavy atom. The second-order valence-electron chi connectivity index (χ2n) is 6.82. The van der Waals surface area contributed by atoms with Crippen molar-refractivity contribution in [1.29, 1.82) is 0 Å². The lowest BCUT2D eigenvalue weighted by atomic mass is 10.1. The Labute approximate surface area is 183 Å². The molecule has 0 amide bonds. The van der Waals surface area contributed by atoms with Crippen molar-refractivity contribution < 1.29 is 9.90 Å². The van der Waals surface area contributed by atoms with Crippen LogP contribution in [0, 0.1) is 6.92 Å². The minimum atomic E-state index is -0.924. The lowest BCUT2D eigenvalue weighted by Gasteiger charge is -2.09. The molecule has 4 aromatic rings. The Morgan fingerprint density at radius 1 is 1.17 bits per heavy atom. The molecule has 7 heteroatoms. The topological polar surface area (TPSA) is 75.1 Å². The monoisotopic (exact) mass is 435 g/mol. The van der Waals surface area contributed by atoms with Crippen LogP contribution in [0.3, 0.4) is 0 Å². The first-order chi connectivity index (χ1) is 14.6. The van der Waals surface area contributed by atoms with Crippen LogP contribution in [0.5, 0.6) is 0 Å². The highest BCUT2D eigenvalue weighted by Crippen LogP contribution is 2.31. The fourth-order valence-corrected chi connectivity index (χ4v) is 5.22. The Bertz CT molecular complexity index is 1220. The zero-order valence-electron chi connectivity index (χ0n) is 16.7. The Balaban J connectivity index is 1.50. The number of hydrogen-bond donors (Lipinski definition) is 2. The molecular formula is C23H21N3O2S2. The number of carbonyl (C=O) groups is 1. The van der Waals surface area contributed by atoms with E-state index in [4.69, 9.17) is 0 Å². The zero-order chi connectivity index (χ0) is 21.1. The van der Waals surface area contributed by atoms with Gasteiger partial charge in [0.2, 0.25) is 0 Å². The molecule has 2 N–H and O–H groups in total. The predicted octanol–water partition coefficient (Wildman–Crippen LogP) is 5.74. The fraction of sp³-hybridized carbons (Fsp3) is 0.174. The molecule has 0 saturated carbocycles. The number of aromatic carboxylic acids is 1. The summed E-state index contributed by atoms with van der Waals surface area (Å²) in [7, 11) is 0. The average Bonchev–Trinajstić information content (AvgIpc) is 3.08. The van der Waals surface area contributed by atoms with E-state index in [0.717, 1.165) is 30.0 Å². The third-order valence-corrected chi connectivity index (χ3v) is 6.88. The number of benzene rings is 2. The van der Waals surface area contributed by atoms with Crippen LogP contribution >= 0.6 is 23.1 Å². The van der Waals surface area contributed by atoms with E-state index in [-0.39, 0.29) is 0 Å². The van der Waals surface area contributed by atoms with Crippen molar-refractivity contribution in [3.63, 3.8) is 0 Å². The van der Waals surface area contributed by atoms with Gasteiger partial charge in [0.25, 0.3) is 0 Å². The van der Waals surface area contributed by atoms with Gasteiger partial charge in [-0.3, -0.25) is 0 Å². The normalized spacial score (nSPS) is 11.0. The third kappa shape index (κ3) is 4.17. The van der Waals surface area contributed by atoms with Gasteiger partial charge in [-0.25, -0.2) is 14.8 Å². The van der Waals surface area contributed by atoms with Crippen LogP contribution in [0.4, 0.5) is 5.82 Å². The number of thiophene rings is 1. The van der Waals surface area contributed by atoms with E-state index >= 15 is 0 Å². The fourth-order valence-electron chi connectivity index (χ4n) is 3.49. The summed E-state index contributed by atoms with van der Waals surface area (Å²) in [5.74, 6) is -0.169. The molecule has 2 aromatic carbocycles. The second kappa shape index (κ2) is 8.85. The summed E-state index contributed by atoms with van der Waals surface area (Å²) >= 11 is 3.25. The van der Waals surface area contributed by atoms with E-state index in [0.29, 0.717) is 10.5 Å². The molecule has 30 heavy (non-hydrogen) atoms. The molecule has 2 heterocycles. The second-order valence-corrected chi connectivity index (χ2v) is 8.92. The van der Waals surface area contributed by atoms with Crippen molar-refractivity contribution in [2.45, 2.75) is 18.2 Å². The largest absolute Gasteiger partial charge is 0.478 e. The van der Waals surface area contributed by atoms with Crippen LogP contribution in [-0.2, 0) is 6.42 Å². The number of nitrogens with one attached hydrogen (secondary N) is 1. The standard InChI is InChI=1S/C23H21N3O2S2/c1-14-16(17-5-3-4-6-20(17)30-14)9-10-24-22-12-19(25-13-26-22)15-7-8-18(23(27)28)21(11-15)29-2/h3-8,11-13H,9-10H2,1-2H3,(H,27,28)(H,24,25,26). The summed E-state index contributed by atoms with van der Waals surface area (Å²) in [5.41, 5.74) is 3.31.